The SMILES string of the molecule is CC(C)[C@@H](C(=O)O)n1nnc2ccccc2c1=O. The van der Waals surface area contributed by atoms with Gasteiger partial charge in [0.1, 0.15) is 5.52 Å². The molecule has 6 heteroatoms. The molecule has 0 saturated heterocycles. The molecule has 0 amide bonds. The number of hydrogen-bond donors (Lipinski definition) is 1. The Balaban J connectivity index is 2.68. The minimum Gasteiger partial charge on any atom is -0.480 e. The third-order valence-electron chi connectivity index (χ3n) is 2.74. The van der Waals surface area contributed by atoms with Crippen molar-refractivity contribution in [1.29, 1.82) is 0 Å². The minimum atomic E-state index is -1.09. The third-order valence-corrected chi connectivity index (χ3v) is 2.74. The lowest BCUT2D eigenvalue weighted by molar-refractivity contribution is -0.142. The summed E-state index contributed by atoms with van der Waals surface area (Å²) in [5.74, 6) is -1.34. The highest BCUT2D eigenvalue weighted by atomic mass is 16.4. The molecular weight excluding hydrogens is 234 g/mol. The molecule has 18 heavy (non-hydrogen) atoms. The van der Waals surface area contributed by atoms with E-state index in [1.807, 2.05) is 0 Å². The number of benzene rings is 1. The maximum absolute atomic E-state index is 12.2. The van der Waals surface area contributed by atoms with Gasteiger partial charge in [0.25, 0.3) is 5.56 Å². The number of fused-ring (bicyclic) bond motifs is 1. The number of aromatic nitrogens is 3. The molecule has 0 aliphatic carbocycles. The van der Waals surface area contributed by atoms with Crippen molar-refractivity contribution in [2.45, 2.75) is 19.9 Å². The Bertz CT molecular complexity index is 648. The number of rotatable bonds is 3. The van der Waals surface area contributed by atoms with E-state index in [0.717, 1.165) is 4.68 Å². The Kier molecular flexibility index (Phi) is 3.10. The van der Waals surface area contributed by atoms with Crippen molar-refractivity contribution >= 4 is 16.9 Å². The molecule has 1 aromatic heterocycles. The van der Waals surface area contributed by atoms with Gasteiger partial charge in [0.15, 0.2) is 6.04 Å². The van der Waals surface area contributed by atoms with Crippen LogP contribution < -0.4 is 5.56 Å². The van der Waals surface area contributed by atoms with Gasteiger partial charge in [-0.25, -0.2) is 4.79 Å². The van der Waals surface area contributed by atoms with E-state index in [1.54, 1.807) is 38.1 Å². The molecule has 0 spiro atoms. The summed E-state index contributed by atoms with van der Waals surface area (Å²) >= 11 is 0. The quantitative estimate of drug-likeness (QED) is 0.877. The second-order valence-corrected chi connectivity index (χ2v) is 4.38. The van der Waals surface area contributed by atoms with Crippen molar-refractivity contribution < 1.29 is 9.90 Å². The highest BCUT2D eigenvalue weighted by molar-refractivity contribution is 5.77. The Labute approximate surface area is 103 Å². The van der Waals surface area contributed by atoms with Crippen LogP contribution in [0.2, 0.25) is 0 Å². The number of carbonyl (C=O) groups is 1. The van der Waals surface area contributed by atoms with Crippen LogP contribution in [-0.2, 0) is 4.79 Å². The lowest BCUT2D eigenvalue weighted by Gasteiger charge is -2.17. The first-order valence-corrected chi connectivity index (χ1v) is 5.59. The van der Waals surface area contributed by atoms with Gasteiger partial charge in [-0.1, -0.05) is 31.2 Å². The molecule has 94 valence electrons. The Morgan fingerprint density at radius 3 is 2.61 bits per heavy atom. The molecule has 0 radical (unpaired) electrons. The molecule has 0 fully saturated rings. The average molecular weight is 247 g/mol. The molecule has 1 N–H and O–H groups in total. The second kappa shape index (κ2) is 4.56. The zero-order valence-corrected chi connectivity index (χ0v) is 10.1. The van der Waals surface area contributed by atoms with Gasteiger partial charge in [-0.3, -0.25) is 4.79 Å². The van der Waals surface area contributed by atoms with E-state index in [1.165, 1.54) is 0 Å². The Morgan fingerprint density at radius 2 is 2.00 bits per heavy atom. The summed E-state index contributed by atoms with van der Waals surface area (Å²) in [5.41, 5.74) is 0.0355. The van der Waals surface area contributed by atoms with E-state index in [0.29, 0.717) is 10.9 Å². The molecule has 2 aromatic rings. The van der Waals surface area contributed by atoms with E-state index in [9.17, 15) is 9.59 Å². The molecule has 0 aliphatic heterocycles. The largest absolute Gasteiger partial charge is 0.480 e. The number of hydrogen-bond acceptors (Lipinski definition) is 4. The van der Waals surface area contributed by atoms with E-state index in [4.69, 9.17) is 5.11 Å². The van der Waals surface area contributed by atoms with Crippen molar-refractivity contribution in [3.05, 3.63) is 34.6 Å². The Hall–Kier alpha value is -2.24. The summed E-state index contributed by atoms with van der Waals surface area (Å²) in [6, 6.07) is 5.73. The van der Waals surface area contributed by atoms with E-state index in [2.05, 4.69) is 10.3 Å². The van der Waals surface area contributed by atoms with Gasteiger partial charge in [-0.2, -0.15) is 4.68 Å². The first-order valence-electron chi connectivity index (χ1n) is 5.59. The summed E-state index contributed by atoms with van der Waals surface area (Å²) in [4.78, 5) is 23.4. The molecule has 1 heterocycles. The van der Waals surface area contributed by atoms with Crippen molar-refractivity contribution in [1.82, 2.24) is 15.0 Å². The maximum atomic E-state index is 12.2. The molecular formula is C12H13N3O3. The zero-order valence-electron chi connectivity index (χ0n) is 10.1. The van der Waals surface area contributed by atoms with Crippen molar-refractivity contribution in [2.75, 3.05) is 0 Å². The lowest BCUT2D eigenvalue weighted by Crippen LogP contribution is -2.35. The van der Waals surface area contributed by atoms with Crippen molar-refractivity contribution in [3.63, 3.8) is 0 Å². The van der Waals surface area contributed by atoms with Crippen LogP contribution in [0.4, 0.5) is 0 Å². The van der Waals surface area contributed by atoms with Crippen LogP contribution in [0.25, 0.3) is 10.9 Å². The summed E-state index contributed by atoms with van der Waals surface area (Å²) in [5, 5.41) is 17.1. The monoisotopic (exact) mass is 247 g/mol. The van der Waals surface area contributed by atoms with Gasteiger partial charge in [0, 0.05) is 0 Å². The van der Waals surface area contributed by atoms with Gasteiger partial charge < -0.3 is 5.11 Å². The summed E-state index contributed by atoms with van der Waals surface area (Å²) in [6.07, 6.45) is 0. The zero-order chi connectivity index (χ0) is 13.3. The molecule has 0 bridgehead atoms. The molecule has 1 atom stereocenters. The van der Waals surface area contributed by atoms with Gasteiger partial charge in [0.05, 0.1) is 5.39 Å². The number of nitrogens with zero attached hydrogens (tertiary/aromatic N) is 3. The summed E-state index contributed by atoms with van der Waals surface area (Å²) < 4.78 is 0.940. The van der Waals surface area contributed by atoms with Crippen LogP contribution in [0.5, 0.6) is 0 Å². The predicted molar refractivity (Wildman–Crippen MR) is 65.3 cm³/mol. The fraction of sp³-hybridized carbons (Fsp3) is 0.333. The third kappa shape index (κ3) is 1.97. The second-order valence-electron chi connectivity index (χ2n) is 4.38. The van der Waals surface area contributed by atoms with Gasteiger partial charge in [-0.15, -0.1) is 5.10 Å². The molecule has 0 aliphatic rings. The van der Waals surface area contributed by atoms with Crippen molar-refractivity contribution in [2.24, 2.45) is 5.92 Å². The van der Waals surface area contributed by atoms with E-state index in [-0.39, 0.29) is 5.92 Å². The topological polar surface area (TPSA) is 85.1 Å². The average Bonchev–Trinajstić information content (AvgIpc) is 2.32. The normalized spacial score (nSPS) is 12.8. The molecule has 1 aromatic carbocycles. The fourth-order valence-electron chi connectivity index (χ4n) is 1.86. The van der Waals surface area contributed by atoms with Gasteiger partial charge in [0.2, 0.25) is 0 Å². The van der Waals surface area contributed by atoms with Crippen LogP contribution in [0.1, 0.15) is 19.9 Å². The smallest absolute Gasteiger partial charge is 0.328 e. The predicted octanol–water partition coefficient (Wildman–Crippen LogP) is 1.07. The Morgan fingerprint density at radius 1 is 1.33 bits per heavy atom. The first-order chi connectivity index (χ1) is 8.52. The van der Waals surface area contributed by atoms with Crippen LogP contribution in [0.3, 0.4) is 0 Å². The summed E-state index contributed by atoms with van der Waals surface area (Å²) in [7, 11) is 0. The number of aliphatic carboxylic acids is 1. The maximum Gasteiger partial charge on any atom is 0.328 e. The molecule has 6 nitrogen and oxygen atoms in total. The van der Waals surface area contributed by atoms with Crippen LogP contribution >= 0.6 is 0 Å². The van der Waals surface area contributed by atoms with Crippen LogP contribution in [-0.4, -0.2) is 26.1 Å². The fourth-order valence-corrected chi connectivity index (χ4v) is 1.86. The van der Waals surface area contributed by atoms with Crippen molar-refractivity contribution in [3.8, 4) is 0 Å². The minimum absolute atomic E-state index is 0.254. The number of carboxylic acids is 1. The highest BCUT2D eigenvalue weighted by Gasteiger charge is 2.26. The first kappa shape index (κ1) is 12.2. The van der Waals surface area contributed by atoms with E-state index < -0.39 is 17.6 Å². The standard InChI is InChI=1S/C12H13N3O3/c1-7(2)10(12(17)18)15-11(16)8-5-3-4-6-9(8)13-14-15/h3-7,10H,1-2H3,(H,17,18)/t10-/m0/s1. The van der Waals surface area contributed by atoms with Gasteiger partial charge in [-0.05, 0) is 18.1 Å². The van der Waals surface area contributed by atoms with E-state index >= 15 is 0 Å². The number of carboxylic acid groups (broad SMARTS) is 1. The lowest BCUT2D eigenvalue weighted by atomic mass is 10.1. The van der Waals surface area contributed by atoms with Gasteiger partial charge >= 0.3 is 5.97 Å². The highest BCUT2D eigenvalue weighted by Crippen LogP contribution is 2.15. The summed E-state index contributed by atoms with van der Waals surface area (Å²) in [6.45, 7) is 3.45. The molecule has 2 rings (SSSR count). The van der Waals surface area contributed by atoms with Crippen LogP contribution in [0, 0.1) is 5.92 Å². The molecule has 0 saturated carbocycles. The van der Waals surface area contributed by atoms with Crippen LogP contribution in [0.15, 0.2) is 29.1 Å². The molecule has 0 unspecified atom stereocenters.